The molecule has 202 valence electrons. The fourth-order valence-corrected chi connectivity index (χ4v) is 5.36. The number of Topliss-reactive ketones (excluding diaryl/α,β-unsaturated/α-hetero) is 1. The molecule has 0 saturated carbocycles. The van der Waals surface area contributed by atoms with Crippen molar-refractivity contribution < 1.29 is 34.1 Å². The Hall–Kier alpha value is -2.07. The van der Waals surface area contributed by atoms with Gasteiger partial charge < -0.3 is 29.8 Å². The molecule has 36 heavy (non-hydrogen) atoms. The number of hydrogen-bond donors (Lipinski definition) is 4. The Morgan fingerprint density at radius 3 is 2.56 bits per heavy atom. The molecule has 0 radical (unpaired) electrons. The van der Waals surface area contributed by atoms with Gasteiger partial charge >= 0.3 is 0 Å². The second-order valence-electron chi connectivity index (χ2n) is 11.2. The zero-order valence-electron chi connectivity index (χ0n) is 22.2. The van der Waals surface area contributed by atoms with Crippen LogP contribution in [0.4, 0.5) is 0 Å². The first-order valence-corrected chi connectivity index (χ1v) is 13.0. The number of carbonyl (C=O) groups excluding carboxylic acids is 2. The molecule has 9 heteroatoms. The number of nitrogens with zero attached hydrogens (tertiary/aromatic N) is 1. The number of epoxide rings is 1. The van der Waals surface area contributed by atoms with Gasteiger partial charge in [0.05, 0.1) is 42.3 Å². The topological polar surface area (TPSA) is 145 Å². The lowest BCUT2D eigenvalue weighted by Crippen LogP contribution is -2.48. The van der Waals surface area contributed by atoms with Crippen molar-refractivity contribution in [3.8, 4) is 0 Å². The average Bonchev–Trinajstić information content (AvgIpc) is 3.47. The van der Waals surface area contributed by atoms with Crippen molar-refractivity contribution in [2.45, 2.75) is 104 Å². The summed E-state index contributed by atoms with van der Waals surface area (Å²) in [7, 11) is 0. The molecular weight excluding hydrogens is 464 g/mol. The smallest absolute Gasteiger partial charge is 0.223 e. The second-order valence-corrected chi connectivity index (χ2v) is 11.2. The number of nitrogens with one attached hydrogen (secondary N) is 1. The van der Waals surface area contributed by atoms with Gasteiger partial charge in [0, 0.05) is 11.8 Å². The van der Waals surface area contributed by atoms with Crippen molar-refractivity contribution in [3.63, 3.8) is 0 Å². The summed E-state index contributed by atoms with van der Waals surface area (Å²) >= 11 is 0. The molecule has 1 aromatic heterocycles. The summed E-state index contributed by atoms with van der Waals surface area (Å²) in [5.74, 6) is -1.22. The fraction of sp³-hybridized carbons (Fsp3) is 0.741. The number of oxazole rings is 1. The minimum Gasteiger partial charge on any atom is -0.446 e. The SMILES string of the molecule is C/C(=C\c1coc(CO)n1)[C@H]1NC(=O)C[C@H](O)C(C)(C)C(=O)[C@H](C)[C@@H](O)[C@@H](C)CCC[C@H]2O[C@H]2[C@@H]1C. The Balaban J connectivity index is 1.87. The predicted molar refractivity (Wildman–Crippen MR) is 133 cm³/mol. The van der Waals surface area contributed by atoms with E-state index in [0.717, 1.165) is 24.8 Å². The first-order valence-electron chi connectivity index (χ1n) is 13.0. The molecule has 9 nitrogen and oxygen atoms in total. The highest BCUT2D eigenvalue weighted by Gasteiger charge is 2.47. The van der Waals surface area contributed by atoms with Crippen LogP contribution in [0.3, 0.4) is 0 Å². The van der Waals surface area contributed by atoms with Crippen LogP contribution in [0, 0.1) is 23.2 Å². The van der Waals surface area contributed by atoms with Crippen molar-refractivity contribution in [1.82, 2.24) is 10.3 Å². The van der Waals surface area contributed by atoms with E-state index in [4.69, 9.17) is 9.15 Å². The van der Waals surface area contributed by atoms with Crippen molar-refractivity contribution in [3.05, 3.63) is 23.4 Å². The highest BCUT2D eigenvalue weighted by Crippen LogP contribution is 2.38. The number of rotatable bonds is 3. The van der Waals surface area contributed by atoms with E-state index >= 15 is 0 Å². The highest BCUT2D eigenvalue weighted by molar-refractivity contribution is 5.88. The van der Waals surface area contributed by atoms with Crippen LogP contribution in [0.25, 0.3) is 6.08 Å². The van der Waals surface area contributed by atoms with E-state index in [1.54, 1.807) is 26.8 Å². The molecule has 3 rings (SSSR count). The number of ketones is 1. The Labute approximate surface area is 213 Å². The lowest BCUT2D eigenvalue weighted by atomic mass is 9.73. The lowest BCUT2D eigenvalue weighted by molar-refractivity contribution is -0.143. The van der Waals surface area contributed by atoms with Crippen molar-refractivity contribution in [2.75, 3.05) is 0 Å². The van der Waals surface area contributed by atoms with Gasteiger partial charge in [0.25, 0.3) is 0 Å². The molecule has 2 fully saturated rings. The van der Waals surface area contributed by atoms with Crippen LogP contribution in [0.1, 0.15) is 78.8 Å². The monoisotopic (exact) mass is 506 g/mol. The summed E-state index contributed by atoms with van der Waals surface area (Å²) in [5.41, 5.74) is 0.165. The first kappa shape index (κ1) is 28.5. The zero-order valence-corrected chi connectivity index (χ0v) is 22.2. The van der Waals surface area contributed by atoms with Gasteiger partial charge in [-0.25, -0.2) is 4.98 Å². The van der Waals surface area contributed by atoms with E-state index < -0.39 is 23.5 Å². The minimum atomic E-state index is -1.21. The van der Waals surface area contributed by atoms with Crippen LogP contribution in [-0.2, 0) is 20.9 Å². The second kappa shape index (κ2) is 11.5. The molecule has 8 atom stereocenters. The third kappa shape index (κ3) is 6.43. The summed E-state index contributed by atoms with van der Waals surface area (Å²) in [4.78, 5) is 30.5. The van der Waals surface area contributed by atoms with Gasteiger partial charge in [0.15, 0.2) is 0 Å². The van der Waals surface area contributed by atoms with E-state index in [1.807, 2.05) is 20.8 Å². The predicted octanol–water partition coefficient (Wildman–Crippen LogP) is 2.62. The van der Waals surface area contributed by atoms with Gasteiger partial charge in [0.2, 0.25) is 11.8 Å². The number of aromatic nitrogens is 1. The van der Waals surface area contributed by atoms with Crippen LogP contribution >= 0.6 is 0 Å². The third-order valence-electron chi connectivity index (χ3n) is 8.06. The maximum Gasteiger partial charge on any atom is 0.223 e. The summed E-state index contributed by atoms with van der Waals surface area (Å²) in [6, 6.07) is -0.389. The normalized spacial score (nSPS) is 36.8. The number of ether oxygens (including phenoxy) is 1. The molecule has 2 aliphatic heterocycles. The summed E-state index contributed by atoms with van der Waals surface area (Å²) in [6.07, 6.45) is 3.47. The molecule has 4 N–H and O–H groups in total. The maximum atomic E-state index is 13.2. The maximum absolute atomic E-state index is 13.2. The van der Waals surface area contributed by atoms with E-state index in [0.29, 0.717) is 5.69 Å². The average molecular weight is 507 g/mol. The Morgan fingerprint density at radius 1 is 1.22 bits per heavy atom. The summed E-state index contributed by atoms with van der Waals surface area (Å²) in [5, 5.41) is 34.0. The first-order chi connectivity index (χ1) is 16.9. The van der Waals surface area contributed by atoms with Crippen LogP contribution in [0.5, 0.6) is 0 Å². The third-order valence-corrected chi connectivity index (χ3v) is 8.06. The summed E-state index contributed by atoms with van der Waals surface area (Å²) in [6.45, 7) is 10.5. The van der Waals surface area contributed by atoms with Crippen molar-refractivity contribution >= 4 is 17.8 Å². The van der Waals surface area contributed by atoms with E-state index in [9.17, 15) is 24.9 Å². The quantitative estimate of drug-likeness (QED) is 0.458. The van der Waals surface area contributed by atoms with E-state index in [1.165, 1.54) is 6.26 Å². The number of fused-ring (bicyclic) bond motifs is 1. The van der Waals surface area contributed by atoms with Gasteiger partial charge in [-0.15, -0.1) is 0 Å². The van der Waals surface area contributed by atoms with Gasteiger partial charge in [0.1, 0.15) is 24.3 Å². The molecule has 1 aromatic rings. The van der Waals surface area contributed by atoms with Gasteiger partial charge in [-0.1, -0.05) is 41.0 Å². The zero-order chi connectivity index (χ0) is 26.8. The number of amides is 1. The minimum absolute atomic E-state index is 0.0287. The molecule has 0 aromatic carbocycles. The molecule has 0 aliphatic carbocycles. The Kier molecular flexibility index (Phi) is 9.14. The van der Waals surface area contributed by atoms with Crippen LogP contribution in [-0.4, -0.2) is 62.5 Å². The molecular formula is C27H42N2O7. The lowest BCUT2D eigenvalue weighted by Gasteiger charge is -2.35. The highest BCUT2D eigenvalue weighted by atomic mass is 16.6. The Morgan fingerprint density at radius 2 is 1.92 bits per heavy atom. The standard InChI is InChI=1S/C27H42N2O7/c1-14-8-7-9-19-25(36-19)16(3)23(15(2)10-18-13-35-22(12-30)28-18)29-21(32)11-20(31)27(5,6)26(34)17(4)24(14)33/h10,13-14,16-17,19-20,23-25,30-31,33H,7-9,11-12H2,1-6H3,(H,29,32)/b15-10+/t14-,16+,17+,19+,20-,23+,24-,25-/m0/s1. The molecule has 0 unspecified atom stereocenters. The van der Waals surface area contributed by atoms with Crippen LogP contribution in [0.15, 0.2) is 16.3 Å². The molecule has 2 saturated heterocycles. The van der Waals surface area contributed by atoms with E-state index in [2.05, 4.69) is 10.3 Å². The molecule has 2 aliphatic rings. The molecule has 1 amide bonds. The van der Waals surface area contributed by atoms with Crippen LogP contribution < -0.4 is 5.32 Å². The Bertz CT molecular complexity index is 956. The number of aliphatic hydroxyl groups excluding tert-OH is 3. The number of hydrogen-bond acceptors (Lipinski definition) is 8. The van der Waals surface area contributed by atoms with Gasteiger partial charge in [-0.2, -0.15) is 0 Å². The number of carbonyl (C=O) groups is 2. The van der Waals surface area contributed by atoms with Gasteiger partial charge in [-0.3, -0.25) is 9.59 Å². The molecule has 0 spiro atoms. The molecule has 0 bridgehead atoms. The fourth-order valence-electron chi connectivity index (χ4n) is 5.36. The van der Waals surface area contributed by atoms with E-state index in [-0.39, 0.29) is 60.7 Å². The van der Waals surface area contributed by atoms with Crippen LogP contribution in [0.2, 0.25) is 0 Å². The number of aliphatic hydroxyl groups is 3. The van der Waals surface area contributed by atoms with Gasteiger partial charge in [-0.05, 0) is 37.3 Å². The molecule has 3 heterocycles. The van der Waals surface area contributed by atoms with Crippen molar-refractivity contribution in [1.29, 1.82) is 0 Å². The largest absolute Gasteiger partial charge is 0.446 e. The van der Waals surface area contributed by atoms with Crippen molar-refractivity contribution in [2.24, 2.45) is 23.2 Å². The summed E-state index contributed by atoms with van der Waals surface area (Å²) < 4.78 is 11.2.